The number of ether oxygens (including phenoxy) is 1. The van der Waals surface area contributed by atoms with Gasteiger partial charge in [-0.3, -0.25) is 4.79 Å². The van der Waals surface area contributed by atoms with E-state index in [0.29, 0.717) is 24.1 Å². The van der Waals surface area contributed by atoms with E-state index in [2.05, 4.69) is 9.88 Å². The number of primary amides is 1. The fourth-order valence-electron chi connectivity index (χ4n) is 2.61. The first kappa shape index (κ1) is 14.0. The molecule has 0 radical (unpaired) electrons. The summed E-state index contributed by atoms with van der Waals surface area (Å²) in [7, 11) is 0. The number of piperidine rings is 1. The van der Waals surface area contributed by atoms with Gasteiger partial charge in [-0.05, 0) is 43.7 Å². The Morgan fingerprint density at radius 1 is 1.29 bits per heavy atom. The molecule has 1 aliphatic heterocycles. The largest absolute Gasteiger partial charge is 0.476 e. The molecular formula is C15H22N4O2. The smallest absolute Gasteiger partial charge is 0.239 e. The number of pyridine rings is 1. The molecule has 1 aliphatic carbocycles. The average molecular weight is 290 g/mol. The highest BCUT2D eigenvalue weighted by atomic mass is 16.5. The highest BCUT2D eigenvalue weighted by Crippen LogP contribution is 2.31. The minimum absolute atomic E-state index is 0.0133. The predicted octanol–water partition coefficient (Wildman–Crippen LogP) is 1.15. The number of anilines is 2. The molecule has 0 bridgehead atoms. The molecule has 2 fully saturated rings. The minimum Gasteiger partial charge on any atom is -0.476 e. The number of nitrogen functional groups attached to an aromatic ring is 1. The van der Waals surface area contributed by atoms with Crippen LogP contribution < -0.4 is 21.1 Å². The Bertz CT molecular complexity index is 522. The van der Waals surface area contributed by atoms with Crippen LogP contribution in [0.3, 0.4) is 0 Å². The molecule has 1 saturated heterocycles. The molecule has 6 heteroatoms. The van der Waals surface area contributed by atoms with Crippen LogP contribution in [0.1, 0.15) is 25.7 Å². The molecule has 0 spiro atoms. The molecule has 0 atom stereocenters. The minimum atomic E-state index is -0.201. The molecule has 0 aromatic carbocycles. The molecular weight excluding hydrogens is 268 g/mol. The number of carbonyl (C=O) groups excluding carboxylic acids is 1. The summed E-state index contributed by atoms with van der Waals surface area (Å²) in [6.07, 6.45) is 4.03. The van der Waals surface area contributed by atoms with Crippen LogP contribution >= 0.6 is 0 Å². The second-order valence-corrected chi connectivity index (χ2v) is 5.98. The van der Waals surface area contributed by atoms with Crippen LogP contribution in [0.5, 0.6) is 5.88 Å². The topological polar surface area (TPSA) is 94.5 Å². The maximum Gasteiger partial charge on any atom is 0.239 e. The van der Waals surface area contributed by atoms with Gasteiger partial charge in [0, 0.05) is 19.0 Å². The first-order valence-electron chi connectivity index (χ1n) is 7.57. The lowest BCUT2D eigenvalue weighted by molar-refractivity contribution is -0.122. The summed E-state index contributed by atoms with van der Waals surface area (Å²) in [6, 6.07) is 3.74. The van der Waals surface area contributed by atoms with Gasteiger partial charge in [0.05, 0.1) is 12.3 Å². The maximum atomic E-state index is 11.2. The van der Waals surface area contributed by atoms with E-state index >= 15 is 0 Å². The van der Waals surface area contributed by atoms with Gasteiger partial charge in [-0.2, -0.15) is 4.98 Å². The van der Waals surface area contributed by atoms with Crippen molar-refractivity contribution in [2.24, 2.45) is 17.6 Å². The fraction of sp³-hybridized carbons (Fsp3) is 0.600. The molecule has 3 rings (SSSR count). The lowest BCUT2D eigenvalue weighted by Gasteiger charge is -2.31. The SMILES string of the molecule is NC(=O)C1CCN(c2ccc(N)c(OCC3CC3)n2)CC1. The van der Waals surface area contributed by atoms with E-state index in [4.69, 9.17) is 16.2 Å². The van der Waals surface area contributed by atoms with Crippen LogP contribution in [0.4, 0.5) is 11.5 Å². The number of carbonyl (C=O) groups is 1. The van der Waals surface area contributed by atoms with Crippen LogP contribution in [0, 0.1) is 11.8 Å². The lowest BCUT2D eigenvalue weighted by Crippen LogP contribution is -2.38. The number of aromatic nitrogens is 1. The third kappa shape index (κ3) is 3.37. The van der Waals surface area contributed by atoms with E-state index in [1.54, 1.807) is 0 Å². The molecule has 2 heterocycles. The Kier molecular flexibility index (Phi) is 3.86. The monoisotopic (exact) mass is 290 g/mol. The van der Waals surface area contributed by atoms with Crippen molar-refractivity contribution in [3.8, 4) is 5.88 Å². The van der Waals surface area contributed by atoms with Gasteiger partial charge in [-0.15, -0.1) is 0 Å². The third-order valence-electron chi connectivity index (χ3n) is 4.25. The Balaban J connectivity index is 1.64. The molecule has 1 amide bonds. The standard InChI is InChI=1S/C15H22N4O2/c16-12-3-4-13(18-15(12)21-9-10-1-2-10)19-7-5-11(6-8-19)14(17)20/h3-4,10-11H,1-2,5-9,16H2,(H2,17,20). The zero-order valence-electron chi connectivity index (χ0n) is 12.1. The van der Waals surface area contributed by atoms with E-state index in [9.17, 15) is 4.79 Å². The molecule has 21 heavy (non-hydrogen) atoms. The first-order chi connectivity index (χ1) is 10.1. The zero-order chi connectivity index (χ0) is 14.8. The second-order valence-electron chi connectivity index (χ2n) is 5.98. The first-order valence-corrected chi connectivity index (χ1v) is 7.57. The molecule has 1 aromatic rings. The molecule has 1 aromatic heterocycles. The number of rotatable bonds is 5. The second kappa shape index (κ2) is 5.79. The molecule has 1 saturated carbocycles. The zero-order valence-corrected chi connectivity index (χ0v) is 12.1. The van der Waals surface area contributed by atoms with Gasteiger partial charge in [0.15, 0.2) is 0 Å². The normalized spacial score (nSPS) is 19.5. The third-order valence-corrected chi connectivity index (χ3v) is 4.25. The van der Waals surface area contributed by atoms with Crippen molar-refractivity contribution in [3.05, 3.63) is 12.1 Å². The Labute approximate surface area is 124 Å². The molecule has 4 N–H and O–H groups in total. The van der Waals surface area contributed by atoms with Crippen molar-refractivity contribution in [1.29, 1.82) is 0 Å². The van der Waals surface area contributed by atoms with Crippen LogP contribution in [0.25, 0.3) is 0 Å². The predicted molar refractivity (Wildman–Crippen MR) is 81.0 cm³/mol. The number of nitrogens with two attached hydrogens (primary N) is 2. The van der Waals surface area contributed by atoms with Gasteiger partial charge in [-0.25, -0.2) is 0 Å². The Morgan fingerprint density at radius 3 is 2.62 bits per heavy atom. The van der Waals surface area contributed by atoms with E-state index < -0.39 is 0 Å². The highest BCUT2D eigenvalue weighted by Gasteiger charge is 2.25. The van der Waals surface area contributed by atoms with Crippen molar-refractivity contribution in [2.75, 3.05) is 30.3 Å². The molecule has 6 nitrogen and oxygen atoms in total. The highest BCUT2D eigenvalue weighted by molar-refractivity contribution is 5.77. The summed E-state index contributed by atoms with van der Waals surface area (Å²) in [5, 5.41) is 0. The number of amides is 1. The van der Waals surface area contributed by atoms with Crippen LogP contribution in [0.2, 0.25) is 0 Å². The van der Waals surface area contributed by atoms with Gasteiger partial charge in [-0.1, -0.05) is 0 Å². The summed E-state index contributed by atoms with van der Waals surface area (Å²) in [4.78, 5) is 17.9. The van der Waals surface area contributed by atoms with Gasteiger partial charge in [0.1, 0.15) is 5.82 Å². The van der Waals surface area contributed by atoms with Gasteiger partial charge < -0.3 is 21.1 Å². The fourth-order valence-corrected chi connectivity index (χ4v) is 2.61. The molecule has 114 valence electrons. The maximum absolute atomic E-state index is 11.2. The summed E-state index contributed by atoms with van der Waals surface area (Å²) < 4.78 is 5.71. The Hall–Kier alpha value is -1.98. The van der Waals surface area contributed by atoms with Crippen LogP contribution in [-0.4, -0.2) is 30.6 Å². The Morgan fingerprint density at radius 2 is 2.00 bits per heavy atom. The number of hydrogen-bond donors (Lipinski definition) is 2. The van der Waals surface area contributed by atoms with E-state index in [1.165, 1.54) is 12.8 Å². The summed E-state index contributed by atoms with van der Waals surface area (Å²) in [5.74, 6) is 1.84. The van der Waals surface area contributed by atoms with Crippen LogP contribution in [0.15, 0.2) is 12.1 Å². The van der Waals surface area contributed by atoms with Gasteiger partial charge in [0.25, 0.3) is 0 Å². The molecule has 2 aliphatic rings. The van der Waals surface area contributed by atoms with E-state index in [0.717, 1.165) is 31.7 Å². The van der Waals surface area contributed by atoms with Crippen LogP contribution in [-0.2, 0) is 4.79 Å². The van der Waals surface area contributed by atoms with Gasteiger partial charge >= 0.3 is 0 Å². The van der Waals surface area contributed by atoms with Crippen molar-refractivity contribution in [3.63, 3.8) is 0 Å². The summed E-state index contributed by atoms with van der Waals surface area (Å²) in [6.45, 7) is 2.27. The number of hydrogen-bond acceptors (Lipinski definition) is 5. The quantitative estimate of drug-likeness (QED) is 0.848. The van der Waals surface area contributed by atoms with Crippen molar-refractivity contribution in [1.82, 2.24) is 4.98 Å². The van der Waals surface area contributed by atoms with Crippen molar-refractivity contribution in [2.45, 2.75) is 25.7 Å². The summed E-state index contributed by atoms with van der Waals surface area (Å²) >= 11 is 0. The molecule has 0 unspecified atom stereocenters. The summed E-state index contributed by atoms with van der Waals surface area (Å²) in [5.41, 5.74) is 11.9. The van der Waals surface area contributed by atoms with Crippen molar-refractivity contribution < 1.29 is 9.53 Å². The lowest BCUT2D eigenvalue weighted by atomic mass is 9.96. The van der Waals surface area contributed by atoms with Crippen molar-refractivity contribution >= 4 is 17.4 Å². The number of nitrogens with zero attached hydrogens (tertiary/aromatic N) is 2. The van der Waals surface area contributed by atoms with Gasteiger partial charge in [0.2, 0.25) is 11.8 Å². The van der Waals surface area contributed by atoms with E-state index in [1.807, 2.05) is 12.1 Å². The van der Waals surface area contributed by atoms with E-state index in [-0.39, 0.29) is 11.8 Å². The average Bonchev–Trinajstić information content (AvgIpc) is 3.31.